The molecule has 0 spiro atoms. The lowest BCUT2D eigenvalue weighted by atomic mass is 10.2. The lowest BCUT2D eigenvalue weighted by Crippen LogP contribution is -2.49. The van der Waals surface area contributed by atoms with Crippen LogP contribution in [0, 0.1) is 17.0 Å². The smallest absolute Gasteiger partial charge is 0.358 e. The fourth-order valence-corrected chi connectivity index (χ4v) is 3.23. The van der Waals surface area contributed by atoms with Crippen LogP contribution in [0.2, 0.25) is 5.02 Å². The highest BCUT2D eigenvalue weighted by Crippen LogP contribution is 2.15. The highest BCUT2D eigenvalue weighted by Gasteiger charge is 2.24. The Morgan fingerprint density at radius 3 is 2.62 bits per heavy atom. The van der Waals surface area contributed by atoms with E-state index in [9.17, 15) is 14.9 Å². The quantitative estimate of drug-likeness (QED) is 0.588. The van der Waals surface area contributed by atoms with Gasteiger partial charge in [0.05, 0.1) is 16.9 Å². The first-order chi connectivity index (χ1) is 12.4. The van der Waals surface area contributed by atoms with E-state index >= 15 is 0 Å². The van der Waals surface area contributed by atoms with Gasteiger partial charge in [0.1, 0.15) is 6.54 Å². The lowest BCUT2D eigenvalue weighted by Gasteiger charge is -2.34. The Morgan fingerprint density at radius 2 is 2.00 bits per heavy atom. The van der Waals surface area contributed by atoms with E-state index in [2.05, 4.69) is 10.00 Å². The standard InChI is InChI=1S/C17H20ClN5O3/c1-13-9-16(23(25)26)19-22(13)12-17(24)21-7-5-20(6-8-21)11-14-3-2-4-15(18)10-14/h2-4,9-10H,5-8,11-12H2,1H3. The summed E-state index contributed by atoms with van der Waals surface area (Å²) in [5.41, 5.74) is 1.75. The Balaban J connectivity index is 1.53. The Labute approximate surface area is 156 Å². The third-order valence-corrected chi connectivity index (χ3v) is 4.70. The summed E-state index contributed by atoms with van der Waals surface area (Å²) in [4.78, 5) is 26.8. The molecule has 1 aromatic carbocycles. The number of nitro groups is 1. The second kappa shape index (κ2) is 7.84. The summed E-state index contributed by atoms with van der Waals surface area (Å²) in [5.74, 6) is -0.310. The van der Waals surface area contributed by atoms with Crippen molar-refractivity contribution in [2.45, 2.75) is 20.0 Å². The molecular weight excluding hydrogens is 358 g/mol. The van der Waals surface area contributed by atoms with Gasteiger partial charge in [-0.05, 0) is 29.5 Å². The molecule has 1 saturated heterocycles. The van der Waals surface area contributed by atoms with E-state index in [1.807, 2.05) is 24.3 Å². The van der Waals surface area contributed by atoms with Gasteiger partial charge in [-0.1, -0.05) is 23.7 Å². The number of halogens is 1. The summed E-state index contributed by atoms with van der Waals surface area (Å²) >= 11 is 6.02. The monoisotopic (exact) mass is 377 g/mol. The lowest BCUT2D eigenvalue weighted by molar-refractivity contribution is -0.389. The average molecular weight is 378 g/mol. The number of carbonyl (C=O) groups is 1. The van der Waals surface area contributed by atoms with Gasteiger partial charge in [0.25, 0.3) is 0 Å². The van der Waals surface area contributed by atoms with Gasteiger partial charge >= 0.3 is 5.82 Å². The van der Waals surface area contributed by atoms with Crippen molar-refractivity contribution in [3.63, 3.8) is 0 Å². The number of hydrogen-bond donors (Lipinski definition) is 0. The van der Waals surface area contributed by atoms with Crippen LogP contribution in [-0.2, 0) is 17.9 Å². The molecular formula is C17H20ClN5O3. The minimum absolute atomic E-state index is 0.0218. The molecule has 0 saturated carbocycles. The maximum atomic E-state index is 12.5. The highest BCUT2D eigenvalue weighted by molar-refractivity contribution is 6.30. The zero-order valence-electron chi connectivity index (χ0n) is 14.5. The van der Waals surface area contributed by atoms with Gasteiger partial charge in [-0.2, -0.15) is 4.68 Å². The van der Waals surface area contributed by atoms with Crippen molar-refractivity contribution in [3.8, 4) is 0 Å². The Morgan fingerprint density at radius 1 is 1.27 bits per heavy atom. The number of aryl methyl sites for hydroxylation is 1. The fourth-order valence-electron chi connectivity index (χ4n) is 3.02. The normalized spacial score (nSPS) is 15.2. The molecule has 0 N–H and O–H groups in total. The molecule has 9 heteroatoms. The molecule has 8 nitrogen and oxygen atoms in total. The number of aromatic nitrogens is 2. The van der Waals surface area contributed by atoms with Gasteiger partial charge in [-0.15, -0.1) is 0 Å². The summed E-state index contributed by atoms with van der Waals surface area (Å²) in [6.07, 6.45) is 0. The van der Waals surface area contributed by atoms with Crippen molar-refractivity contribution in [1.82, 2.24) is 19.6 Å². The Hall–Kier alpha value is -2.45. The average Bonchev–Trinajstić information content (AvgIpc) is 2.96. The first-order valence-electron chi connectivity index (χ1n) is 8.36. The maximum Gasteiger partial charge on any atom is 0.390 e. The van der Waals surface area contributed by atoms with Gasteiger partial charge in [0, 0.05) is 37.7 Å². The second-order valence-corrected chi connectivity index (χ2v) is 6.78. The van der Waals surface area contributed by atoms with E-state index in [4.69, 9.17) is 11.6 Å². The molecule has 26 heavy (non-hydrogen) atoms. The maximum absolute atomic E-state index is 12.5. The molecule has 1 fully saturated rings. The van der Waals surface area contributed by atoms with Crippen LogP contribution < -0.4 is 0 Å². The van der Waals surface area contributed by atoms with Crippen molar-refractivity contribution < 1.29 is 9.72 Å². The molecule has 0 atom stereocenters. The van der Waals surface area contributed by atoms with Gasteiger partial charge in [0.15, 0.2) is 0 Å². The number of rotatable bonds is 5. The fraction of sp³-hybridized carbons (Fsp3) is 0.412. The largest absolute Gasteiger partial charge is 0.390 e. The summed E-state index contributed by atoms with van der Waals surface area (Å²) < 4.78 is 1.39. The van der Waals surface area contributed by atoms with Crippen molar-refractivity contribution >= 4 is 23.3 Å². The minimum Gasteiger partial charge on any atom is -0.358 e. The van der Waals surface area contributed by atoms with E-state index < -0.39 is 4.92 Å². The number of benzene rings is 1. The van der Waals surface area contributed by atoms with Crippen LogP contribution >= 0.6 is 11.6 Å². The molecule has 1 amide bonds. The van der Waals surface area contributed by atoms with Crippen LogP contribution in [0.5, 0.6) is 0 Å². The van der Waals surface area contributed by atoms with E-state index in [0.717, 1.165) is 30.2 Å². The SMILES string of the molecule is Cc1cc([N+](=O)[O-])nn1CC(=O)N1CCN(Cc2cccc(Cl)c2)CC1. The number of piperazine rings is 1. The molecule has 0 unspecified atom stereocenters. The van der Waals surface area contributed by atoms with E-state index in [1.165, 1.54) is 10.7 Å². The molecule has 1 aliphatic rings. The van der Waals surface area contributed by atoms with Crippen molar-refractivity contribution in [3.05, 3.63) is 56.7 Å². The summed E-state index contributed by atoms with van der Waals surface area (Å²) in [5, 5.41) is 15.4. The predicted molar refractivity (Wildman–Crippen MR) is 96.9 cm³/mol. The summed E-state index contributed by atoms with van der Waals surface area (Å²) in [6, 6.07) is 9.14. The highest BCUT2D eigenvalue weighted by atomic mass is 35.5. The van der Waals surface area contributed by atoms with Crippen LogP contribution in [-0.4, -0.2) is 56.6 Å². The second-order valence-electron chi connectivity index (χ2n) is 6.35. The number of carbonyl (C=O) groups excluding carboxylic acids is 1. The minimum atomic E-state index is -0.553. The molecule has 2 aromatic rings. The third-order valence-electron chi connectivity index (χ3n) is 4.46. The number of hydrogen-bond acceptors (Lipinski definition) is 5. The van der Waals surface area contributed by atoms with Crippen LogP contribution in [0.15, 0.2) is 30.3 Å². The van der Waals surface area contributed by atoms with Crippen LogP contribution in [0.25, 0.3) is 0 Å². The van der Waals surface area contributed by atoms with Crippen LogP contribution in [0.1, 0.15) is 11.3 Å². The first-order valence-corrected chi connectivity index (χ1v) is 8.73. The Kier molecular flexibility index (Phi) is 5.53. The van der Waals surface area contributed by atoms with Crippen molar-refractivity contribution in [2.75, 3.05) is 26.2 Å². The summed E-state index contributed by atoms with van der Waals surface area (Å²) in [6.45, 7) is 5.33. The van der Waals surface area contributed by atoms with E-state index in [-0.39, 0.29) is 18.3 Å². The molecule has 0 bridgehead atoms. The van der Waals surface area contributed by atoms with Crippen molar-refractivity contribution in [2.24, 2.45) is 0 Å². The number of nitrogens with zero attached hydrogens (tertiary/aromatic N) is 5. The Bertz CT molecular complexity index is 814. The van der Waals surface area contributed by atoms with E-state index in [1.54, 1.807) is 11.8 Å². The summed E-state index contributed by atoms with van der Waals surface area (Å²) in [7, 11) is 0. The zero-order chi connectivity index (χ0) is 18.7. The molecule has 1 aromatic heterocycles. The molecule has 0 radical (unpaired) electrons. The van der Waals surface area contributed by atoms with Crippen LogP contribution in [0.4, 0.5) is 5.82 Å². The van der Waals surface area contributed by atoms with Gasteiger partial charge in [-0.25, -0.2) is 0 Å². The molecule has 2 heterocycles. The topological polar surface area (TPSA) is 84.5 Å². The van der Waals surface area contributed by atoms with Gasteiger partial charge < -0.3 is 15.0 Å². The molecule has 1 aliphatic heterocycles. The first kappa shape index (κ1) is 18.3. The molecule has 3 rings (SSSR count). The van der Waals surface area contributed by atoms with Gasteiger partial charge in [-0.3, -0.25) is 9.69 Å². The van der Waals surface area contributed by atoms with Gasteiger partial charge in [0.2, 0.25) is 5.91 Å². The van der Waals surface area contributed by atoms with E-state index in [0.29, 0.717) is 18.8 Å². The predicted octanol–water partition coefficient (Wildman–Crippen LogP) is 2.10. The van der Waals surface area contributed by atoms with Crippen molar-refractivity contribution in [1.29, 1.82) is 0 Å². The zero-order valence-corrected chi connectivity index (χ0v) is 15.2. The molecule has 0 aliphatic carbocycles. The third kappa shape index (κ3) is 4.39. The van der Waals surface area contributed by atoms with Crippen LogP contribution in [0.3, 0.4) is 0 Å². The number of amides is 1. The molecule has 138 valence electrons.